The Balaban J connectivity index is 1.80. The molecule has 1 aliphatic rings. The van der Waals surface area contributed by atoms with Crippen molar-refractivity contribution in [3.63, 3.8) is 0 Å². The Morgan fingerprint density at radius 1 is 0.720 bits per heavy atom. The fraction of sp³-hybridized carbons (Fsp3) is 0.174. The Bertz CT molecular complexity index is 806. The maximum atomic E-state index is 12.9. The first-order chi connectivity index (χ1) is 12.3. The molecular formula is C23H21NO. The number of amides is 1. The van der Waals surface area contributed by atoms with Crippen LogP contribution < -0.4 is 0 Å². The quantitative estimate of drug-likeness (QED) is 0.618. The number of carbonyl (C=O) groups is 1. The highest BCUT2D eigenvalue weighted by atomic mass is 16.2. The van der Waals surface area contributed by atoms with E-state index in [1.807, 2.05) is 66.4 Å². The molecule has 1 saturated heterocycles. The van der Waals surface area contributed by atoms with Crippen LogP contribution in [0.1, 0.15) is 35.7 Å². The Labute approximate surface area is 148 Å². The fourth-order valence-electron chi connectivity index (χ4n) is 3.84. The smallest absolute Gasteiger partial charge is 0.229 e. The van der Waals surface area contributed by atoms with Crippen molar-refractivity contribution in [3.05, 3.63) is 108 Å². The van der Waals surface area contributed by atoms with Crippen LogP contribution in [0.4, 0.5) is 0 Å². The van der Waals surface area contributed by atoms with E-state index in [0.717, 1.165) is 11.1 Å². The van der Waals surface area contributed by atoms with Crippen molar-refractivity contribution >= 4 is 5.91 Å². The molecule has 0 aliphatic carbocycles. The van der Waals surface area contributed by atoms with Crippen LogP contribution in [0.5, 0.6) is 0 Å². The molecule has 1 fully saturated rings. The Hall–Kier alpha value is -2.87. The van der Waals surface area contributed by atoms with Gasteiger partial charge in [-0.25, -0.2) is 0 Å². The summed E-state index contributed by atoms with van der Waals surface area (Å²) in [5, 5.41) is 0. The highest BCUT2D eigenvalue weighted by Gasteiger charge is 2.48. The van der Waals surface area contributed by atoms with Gasteiger partial charge in [-0.1, -0.05) is 97.9 Å². The van der Waals surface area contributed by atoms with Gasteiger partial charge in [0.25, 0.3) is 0 Å². The summed E-state index contributed by atoms with van der Waals surface area (Å²) in [6.45, 7) is 2.03. The number of nitrogens with zero attached hydrogens (tertiary/aromatic N) is 1. The second-order valence-corrected chi connectivity index (χ2v) is 6.61. The zero-order valence-corrected chi connectivity index (χ0v) is 14.2. The number of hydrogen-bond acceptors (Lipinski definition) is 1. The van der Waals surface area contributed by atoms with Crippen LogP contribution in [-0.4, -0.2) is 10.8 Å². The van der Waals surface area contributed by atoms with E-state index in [-0.39, 0.29) is 23.9 Å². The number of benzene rings is 3. The molecule has 3 aromatic rings. The van der Waals surface area contributed by atoms with Crippen LogP contribution in [-0.2, 0) is 4.79 Å². The zero-order valence-electron chi connectivity index (χ0n) is 14.2. The third kappa shape index (κ3) is 2.74. The van der Waals surface area contributed by atoms with Crippen molar-refractivity contribution in [2.24, 2.45) is 5.92 Å². The number of rotatable bonds is 4. The lowest BCUT2D eigenvalue weighted by molar-refractivity contribution is -0.159. The maximum Gasteiger partial charge on any atom is 0.229 e. The van der Waals surface area contributed by atoms with Crippen LogP contribution in [0, 0.1) is 5.92 Å². The summed E-state index contributed by atoms with van der Waals surface area (Å²) in [5.41, 5.74) is 3.50. The molecule has 1 heterocycles. The summed E-state index contributed by atoms with van der Waals surface area (Å²) in [5.74, 6) is 0.226. The molecule has 2 nitrogen and oxygen atoms in total. The molecule has 25 heavy (non-hydrogen) atoms. The standard InChI is InChI=1S/C23H21NO/c1-17-21(18-11-5-2-6-12-18)24(23(17)25)22(19-13-7-3-8-14-19)20-15-9-4-10-16-20/h2-17,21-22H,1H3/t17-,21-/m0/s1. The Kier molecular flexibility index (Phi) is 4.10. The molecule has 0 saturated carbocycles. The summed E-state index contributed by atoms with van der Waals surface area (Å²) in [6, 6.07) is 31.0. The van der Waals surface area contributed by atoms with Gasteiger partial charge in [-0.15, -0.1) is 0 Å². The lowest BCUT2D eigenvalue weighted by atomic mass is 9.80. The Morgan fingerprint density at radius 3 is 1.64 bits per heavy atom. The molecule has 3 aromatic carbocycles. The number of hydrogen-bond donors (Lipinski definition) is 0. The topological polar surface area (TPSA) is 20.3 Å². The molecule has 1 amide bonds. The number of β-lactam (4-membered cyclic amide) rings is 1. The predicted octanol–water partition coefficient (Wildman–Crippen LogP) is 5.00. The van der Waals surface area contributed by atoms with Crippen molar-refractivity contribution in [3.8, 4) is 0 Å². The van der Waals surface area contributed by atoms with Crippen LogP contribution >= 0.6 is 0 Å². The SMILES string of the molecule is C[C@@H]1C(=O)N(C(c2ccccc2)c2ccccc2)[C@@H]1c1ccccc1. The minimum absolute atomic E-state index is 0.0114. The minimum Gasteiger partial charge on any atom is -0.323 e. The second-order valence-electron chi connectivity index (χ2n) is 6.61. The van der Waals surface area contributed by atoms with Gasteiger partial charge in [-0.05, 0) is 16.7 Å². The summed E-state index contributed by atoms with van der Waals surface area (Å²) >= 11 is 0. The number of carbonyl (C=O) groups excluding carboxylic acids is 1. The highest BCUT2D eigenvalue weighted by Crippen LogP contribution is 2.47. The summed E-state index contributed by atoms with van der Waals surface area (Å²) in [7, 11) is 0. The third-order valence-corrected chi connectivity index (χ3v) is 5.07. The average Bonchev–Trinajstić information content (AvgIpc) is 2.69. The molecular weight excluding hydrogens is 306 g/mol. The van der Waals surface area contributed by atoms with Gasteiger partial charge in [0.2, 0.25) is 5.91 Å². The van der Waals surface area contributed by atoms with Crippen LogP contribution in [0.25, 0.3) is 0 Å². The molecule has 1 aliphatic heterocycles. The second kappa shape index (κ2) is 6.56. The minimum atomic E-state index is -0.0590. The molecule has 0 N–H and O–H groups in total. The molecule has 2 atom stereocenters. The van der Waals surface area contributed by atoms with Gasteiger partial charge in [0.15, 0.2) is 0 Å². The first kappa shape index (κ1) is 15.6. The van der Waals surface area contributed by atoms with Crippen molar-refractivity contribution in [1.82, 2.24) is 4.90 Å². The largest absolute Gasteiger partial charge is 0.323 e. The lowest BCUT2D eigenvalue weighted by Crippen LogP contribution is -2.55. The van der Waals surface area contributed by atoms with E-state index in [4.69, 9.17) is 0 Å². The average molecular weight is 327 g/mol. The van der Waals surface area contributed by atoms with Crippen molar-refractivity contribution in [1.29, 1.82) is 0 Å². The fourth-order valence-corrected chi connectivity index (χ4v) is 3.84. The van der Waals surface area contributed by atoms with E-state index in [1.165, 1.54) is 5.56 Å². The van der Waals surface area contributed by atoms with E-state index in [1.54, 1.807) is 0 Å². The van der Waals surface area contributed by atoms with E-state index in [0.29, 0.717) is 0 Å². The predicted molar refractivity (Wildman–Crippen MR) is 99.9 cm³/mol. The number of likely N-dealkylation sites (tertiary alicyclic amines) is 1. The van der Waals surface area contributed by atoms with Gasteiger partial charge in [0, 0.05) is 0 Å². The van der Waals surface area contributed by atoms with Crippen LogP contribution in [0.15, 0.2) is 91.0 Å². The van der Waals surface area contributed by atoms with Gasteiger partial charge in [-0.2, -0.15) is 0 Å². The first-order valence-corrected chi connectivity index (χ1v) is 8.74. The van der Waals surface area contributed by atoms with Crippen molar-refractivity contribution in [2.45, 2.75) is 19.0 Å². The van der Waals surface area contributed by atoms with E-state index in [9.17, 15) is 4.79 Å². The van der Waals surface area contributed by atoms with Gasteiger partial charge in [0.1, 0.15) is 0 Å². The molecule has 124 valence electrons. The van der Waals surface area contributed by atoms with E-state index in [2.05, 4.69) is 36.4 Å². The van der Waals surface area contributed by atoms with E-state index >= 15 is 0 Å². The van der Waals surface area contributed by atoms with Gasteiger partial charge in [-0.3, -0.25) is 4.79 Å². The maximum absolute atomic E-state index is 12.9. The van der Waals surface area contributed by atoms with Crippen molar-refractivity contribution < 1.29 is 4.79 Å². The monoisotopic (exact) mass is 327 g/mol. The van der Waals surface area contributed by atoms with Gasteiger partial charge in [0.05, 0.1) is 18.0 Å². The van der Waals surface area contributed by atoms with Gasteiger partial charge >= 0.3 is 0 Å². The molecule has 4 rings (SSSR count). The van der Waals surface area contributed by atoms with Crippen LogP contribution in [0.2, 0.25) is 0 Å². The molecule has 0 spiro atoms. The molecule has 2 heteroatoms. The summed E-state index contributed by atoms with van der Waals surface area (Å²) in [4.78, 5) is 14.9. The Morgan fingerprint density at radius 2 is 1.16 bits per heavy atom. The summed E-state index contributed by atoms with van der Waals surface area (Å²) in [6.07, 6.45) is 0. The highest BCUT2D eigenvalue weighted by molar-refractivity contribution is 5.87. The molecule has 0 bridgehead atoms. The van der Waals surface area contributed by atoms with Crippen LogP contribution in [0.3, 0.4) is 0 Å². The normalized spacial score (nSPS) is 19.8. The van der Waals surface area contributed by atoms with Gasteiger partial charge < -0.3 is 4.90 Å². The van der Waals surface area contributed by atoms with Crippen molar-refractivity contribution in [2.75, 3.05) is 0 Å². The van der Waals surface area contributed by atoms with E-state index < -0.39 is 0 Å². The lowest BCUT2D eigenvalue weighted by Gasteiger charge is -2.50. The third-order valence-electron chi connectivity index (χ3n) is 5.07. The molecule has 0 aromatic heterocycles. The molecule has 0 radical (unpaired) electrons. The first-order valence-electron chi connectivity index (χ1n) is 8.74. The zero-order chi connectivity index (χ0) is 17.2. The molecule has 0 unspecified atom stereocenters. The summed E-state index contributed by atoms with van der Waals surface area (Å²) < 4.78 is 0.